The second-order valence-corrected chi connectivity index (χ2v) is 4.89. The van der Waals surface area contributed by atoms with Crippen LogP contribution in [0.3, 0.4) is 0 Å². The first-order chi connectivity index (χ1) is 9.51. The summed E-state index contributed by atoms with van der Waals surface area (Å²) in [7, 11) is 4.88. The number of hydrogen-bond donors (Lipinski definition) is 2. The van der Waals surface area contributed by atoms with Crippen molar-refractivity contribution < 1.29 is 14.2 Å². The molecule has 2 N–H and O–H groups in total. The van der Waals surface area contributed by atoms with E-state index in [0.29, 0.717) is 23.2 Å². The first-order valence-corrected chi connectivity index (χ1v) is 6.71. The third-order valence-electron chi connectivity index (χ3n) is 2.77. The maximum atomic E-state index is 5.28. The molecule has 0 heterocycles. The Bertz CT molecular complexity index is 466. The van der Waals surface area contributed by atoms with Gasteiger partial charge in [0.15, 0.2) is 16.6 Å². The maximum absolute atomic E-state index is 5.28. The van der Waals surface area contributed by atoms with E-state index in [1.807, 2.05) is 26.0 Å². The number of anilines is 1. The van der Waals surface area contributed by atoms with Crippen LogP contribution in [-0.4, -0.2) is 39.1 Å². The van der Waals surface area contributed by atoms with Crippen molar-refractivity contribution in [2.45, 2.75) is 19.9 Å². The quantitative estimate of drug-likeness (QED) is 0.786. The van der Waals surface area contributed by atoms with Gasteiger partial charge in [-0.3, -0.25) is 0 Å². The normalized spacial score (nSPS) is 11.7. The molecule has 0 radical (unpaired) electrons. The maximum Gasteiger partial charge on any atom is 0.171 e. The van der Waals surface area contributed by atoms with Crippen LogP contribution in [0, 0.1) is 6.92 Å². The fourth-order valence-electron chi connectivity index (χ4n) is 1.79. The second kappa shape index (κ2) is 7.91. The van der Waals surface area contributed by atoms with Gasteiger partial charge in [-0.15, -0.1) is 0 Å². The van der Waals surface area contributed by atoms with Gasteiger partial charge in [0.1, 0.15) is 0 Å². The Morgan fingerprint density at radius 1 is 1.20 bits per heavy atom. The molecule has 1 aromatic carbocycles. The van der Waals surface area contributed by atoms with E-state index in [9.17, 15) is 0 Å². The van der Waals surface area contributed by atoms with Crippen LogP contribution < -0.4 is 20.1 Å². The largest absolute Gasteiger partial charge is 0.493 e. The molecule has 0 spiro atoms. The highest BCUT2D eigenvalue weighted by atomic mass is 32.1. The van der Waals surface area contributed by atoms with E-state index in [2.05, 4.69) is 10.6 Å². The fraction of sp³-hybridized carbons (Fsp3) is 0.500. The molecule has 0 aliphatic carbocycles. The first kappa shape index (κ1) is 16.5. The zero-order chi connectivity index (χ0) is 15.1. The van der Waals surface area contributed by atoms with Crippen molar-refractivity contribution in [1.82, 2.24) is 5.32 Å². The Morgan fingerprint density at radius 3 is 2.35 bits per heavy atom. The summed E-state index contributed by atoms with van der Waals surface area (Å²) in [6.45, 7) is 4.57. The minimum absolute atomic E-state index is 0.139. The molecule has 0 aromatic heterocycles. The summed E-state index contributed by atoms with van der Waals surface area (Å²) < 4.78 is 15.6. The molecule has 0 amide bonds. The van der Waals surface area contributed by atoms with Crippen molar-refractivity contribution in [2.24, 2.45) is 0 Å². The zero-order valence-electron chi connectivity index (χ0n) is 12.6. The molecule has 0 saturated carbocycles. The summed E-state index contributed by atoms with van der Waals surface area (Å²) in [5, 5.41) is 6.85. The van der Waals surface area contributed by atoms with Crippen molar-refractivity contribution in [2.75, 3.05) is 33.3 Å². The molecule has 6 heteroatoms. The lowest BCUT2D eigenvalue weighted by Gasteiger charge is -2.18. The number of aryl methyl sites for hydroxylation is 1. The minimum atomic E-state index is 0.139. The Hall–Kier alpha value is -1.53. The van der Waals surface area contributed by atoms with Crippen LogP contribution in [0.25, 0.3) is 0 Å². The molecule has 5 nitrogen and oxygen atoms in total. The summed E-state index contributed by atoms with van der Waals surface area (Å²) >= 11 is 5.28. The zero-order valence-corrected chi connectivity index (χ0v) is 13.4. The van der Waals surface area contributed by atoms with Crippen LogP contribution in [0.15, 0.2) is 12.1 Å². The minimum Gasteiger partial charge on any atom is -0.493 e. The van der Waals surface area contributed by atoms with Crippen LogP contribution >= 0.6 is 12.2 Å². The van der Waals surface area contributed by atoms with Crippen LogP contribution in [0.4, 0.5) is 5.69 Å². The van der Waals surface area contributed by atoms with Gasteiger partial charge < -0.3 is 24.8 Å². The molecule has 1 aromatic rings. The number of nitrogens with one attached hydrogen (secondary N) is 2. The highest BCUT2D eigenvalue weighted by Crippen LogP contribution is 2.32. The van der Waals surface area contributed by atoms with E-state index in [-0.39, 0.29) is 6.04 Å². The molecule has 0 aliphatic rings. The number of ether oxygens (including phenoxy) is 3. The lowest BCUT2D eigenvalue weighted by molar-refractivity contribution is 0.179. The molecule has 0 bridgehead atoms. The molecule has 0 fully saturated rings. The number of methoxy groups -OCH3 is 3. The van der Waals surface area contributed by atoms with E-state index >= 15 is 0 Å². The Morgan fingerprint density at radius 2 is 1.80 bits per heavy atom. The standard InChI is InChI=1S/C14H22N2O3S/c1-9-6-12(18-4)13(19-5)7-11(9)16-14(20)15-10(2)8-17-3/h6-7,10H,8H2,1-5H3,(H2,15,16,20)/t10-/m1/s1. The van der Waals surface area contributed by atoms with Crippen LogP contribution in [-0.2, 0) is 4.74 Å². The van der Waals surface area contributed by atoms with Gasteiger partial charge in [0, 0.05) is 24.9 Å². The predicted molar refractivity (Wildman–Crippen MR) is 85.0 cm³/mol. The summed E-state index contributed by atoms with van der Waals surface area (Å²) in [6, 6.07) is 3.91. The monoisotopic (exact) mass is 298 g/mol. The molecule has 20 heavy (non-hydrogen) atoms. The third-order valence-corrected chi connectivity index (χ3v) is 2.99. The van der Waals surface area contributed by atoms with Crippen LogP contribution in [0.5, 0.6) is 11.5 Å². The van der Waals surface area contributed by atoms with E-state index in [1.165, 1.54) is 0 Å². The summed E-state index contributed by atoms with van der Waals surface area (Å²) in [4.78, 5) is 0. The van der Waals surface area contributed by atoms with Gasteiger partial charge in [0.25, 0.3) is 0 Å². The van der Waals surface area contributed by atoms with Crippen molar-refractivity contribution in [3.05, 3.63) is 17.7 Å². The van der Waals surface area contributed by atoms with E-state index in [4.69, 9.17) is 26.4 Å². The van der Waals surface area contributed by atoms with E-state index in [1.54, 1.807) is 21.3 Å². The topological polar surface area (TPSA) is 51.8 Å². The number of thiocarbonyl (C=S) groups is 1. The second-order valence-electron chi connectivity index (χ2n) is 4.48. The van der Waals surface area contributed by atoms with Gasteiger partial charge in [0.05, 0.1) is 20.8 Å². The summed E-state index contributed by atoms with van der Waals surface area (Å²) in [6.07, 6.45) is 0. The van der Waals surface area contributed by atoms with Crippen molar-refractivity contribution in [1.29, 1.82) is 0 Å². The predicted octanol–water partition coefficient (Wildman–Crippen LogP) is 2.33. The summed E-state index contributed by atoms with van der Waals surface area (Å²) in [5.41, 5.74) is 1.90. The first-order valence-electron chi connectivity index (χ1n) is 6.30. The number of rotatable bonds is 6. The highest BCUT2D eigenvalue weighted by molar-refractivity contribution is 7.80. The average Bonchev–Trinajstić information content (AvgIpc) is 2.40. The van der Waals surface area contributed by atoms with Crippen LogP contribution in [0.1, 0.15) is 12.5 Å². The fourth-order valence-corrected chi connectivity index (χ4v) is 2.10. The molecule has 1 atom stereocenters. The van der Waals surface area contributed by atoms with Gasteiger partial charge in [-0.05, 0) is 37.7 Å². The Balaban J connectivity index is 2.79. The van der Waals surface area contributed by atoms with Crippen molar-refractivity contribution in [3.63, 3.8) is 0 Å². The van der Waals surface area contributed by atoms with Crippen molar-refractivity contribution in [3.8, 4) is 11.5 Å². The van der Waals surface area contributed by atoms with Gasteiger partial charge in [0.2, 0.25) is 0 Å². The van der Waals surface area contributed by atoms with Gasteiger partial charge in [-0.1, -0.05) is 0 Å². The molecule has 0 unspecified atom stereocenters. The lowest BCUT2D eigenvalue weighted by atomic mass is 10.1. The van der Waals surface area contributed by atoms with Crippen LogP contribution in [0.2, 0.25) is 0 Å². The average molecular weight is 298 g/mol. The lowest BCUT2D eigenvalue weighted by Crippen LogP contribution is -2.38. The Labute approximate surface area is 125 Å². The highest BCUT2D eigenvalue weighted by Gasteiger charge is 2.10. The van der Waals surface area contributed by atoms with Crippen molar-refractivity contribution >= 4 is 23.0 Å². The number of hydrogen-bond acceptors (Lipinski definition) is 4. The summed E-state index contributed by atoms with van der Waals surface area (Å²) in [5.74, 6) is 1.36. The molecule has 1 rings (SSSR count). The van der Waals surface area contributed by atoms with Gasteiger partial charge in [-0.2, -0.15) is 0 Å². The third kappa shape index (κ3) is 4.54. The van der Waals surface area contributed by atoms with E-state index < -0.39 is 0 Å². The molecule has 112 valence electrons. The molecule has 0 aliphatic heterocycles. The molecular formula is C14H22N2O3S. The van der Waals surface area contributed by atoms with Gasteiger partial charge in [-0.25, -0.2) is 0 Å². The van der Waals surface area contributed by atoms with Gasteiger partial charge >= 0.3 is 0 Å². The van der Waals surface area contributed by atoms with E-state index in [0.717, 1.165) is 11.3 Å². The molecule has 0 saturated heterocycles. The number of benzene rings is 1. The Kier molecular flexibility index (Phi) is 6.54. The SMILES string of the molecule is COC[C@@H](C)NC(=S)Nc1cc(OC)c(OC)cc1C. The molecular weight excluding hydrogens is 276 g/mol. The smallest absolute Gasteiger partial charge is 0.171 e.